The predicted octanol–water partition coefficient (Wildman–Crippen LogP) is 3.66. The first-order valence-electron chi connectivity index (χ1n) is 9.55. The molecule has 3 heterocycles. The minimum atomic E-state index is -0.886. The monoisotopic (exact) mass is 381 g/mol. The number of nitrogens with zero attached hydrogens (tertiary/aromatic N) is 4. The van der Waals surface area contributed by atoms with E-state index in [4.69, 9.17) is 4.52 Å². The number of nitrogens with one attached hydrogen (secondary N) is 1. The zero-order valence-electron chi connectivity index (χ0n) is 15.5. The number of benzene rings is 1. The van der Waals surface area contributed by atoms with Crippen LogP contribution in [0.5, 0.6) is 0 Å². The number of rotatable bonds is 4. The van der Waals surface area contributed by atoms with E-state index in [1.807, 2.05) is 29.8 Å². The lowest BCUT2D eigenvalue weighted by Crippen LogP contribution is -2.18. The van der Waals surface area contributed by atoms with E-state index in [9.17, 15) is 9.18 Å². The normalized spacial score (nSPS) is 20.6. The summed E-state index contributed by atoms with van der Waals surface area (Å²) in [6.45, 7) is 2.78. The van der Waals surface area contributed by atoms with Crippen molar-refractivity contribution in [1.29, 1.82) is 0 Å². The first kappa shape index (κ1) is 17.1. The summed E-state index contributed by atoms with van der Waals surface area (Å²) in [5.41, 5.74) is 3.93. The van der Waals surface area contributed by atoms with Gasteiger partial charge in [0.15, 0.2) is 0 Å². The van der Waals surface area contributed by atoms with E-state index in [1.54, 1.807) is 6.20 Å². The summed E-state index contributed by atoms with van der Waals surface area (Å²) in [5.74, 6) is 0.280. The standard InChI is InChI=1S/C20H20FN5O2/c1-11-5-6-12(18-24-20(28-25-18)13-9-15(13)21)8-16(11)23-19(27)14-10-22-26-7-3-2-4-17(14)26/h5-6,8,10,13,15H,2-4,7,9H2,1H3,(H,23,27)/t13-,15-/m0/s1. The lowest BCUT2D eigenvalue weighted by atomic mass is 10.1. The highest BCUT2D eigenvalue weighted by Crippen LogP contribution is 2.43. The molecule has 0 bridgehead atoms. The minimum Gasteiger partial charge on any atom is -0.339 e. The van der Waals surface area contributed by atoms with Crippen LogP contribution in [-0.2, 0) is 13.0 Å². The van der Waals surface area contributed by atoms with Crippen LogP contribution >= 0.6 is 0 Å². The van der Waals surface area contributed by atoms with Crippen molar-refractivity contribution < 1.29 is 13.7 Å². The van der Waals surface area contributed by atoms with E-state index >= 15 is 0 Å². The molecule has 1 aliphatic heterocycles. The van der Waals surface area contributed by atoms with Crippen molar-refractivity contribution in [1.82, 2.24) is 19.9 Å². The van der Waals surface area contributed by atoms with Gasteiger partial charge in [-0.25, -0.2) is 4.39 Å². The van der Waals surface area contributed by atoms with Crippen molar-refractivity contribution in [3.8, 4) is 11.4 Å². The maximum atomic E-state index is 13.2. The number of hydrogen-bond donors (Lipinski definition) is 1. The Labute approximate surface area is 160 Å². The smallest absolute Gasteiger partial charge is 0.259 e. The van der Waals surface area contributed by atoms with Gasteiger partial charge >= 0.3 is 0 Å². The SMILES string of the molecule is Cc1ccc(-c2noc([C@H]3C[C@@H]3F)n2)cc1NC(=O)c1cnn2c1CCCC2. The van der Waals surface area contributed by atoms with Gasteiger partial charge in [0.1, 0.15) is 6.17 Å². The van der Waals surface area contributed by atoms with Gasteiger partial charge in [-0.15, -0.1) is 0 Å². The third-order valence-electron chi connectivity index (χ3n) is 5.44. The molecule has 1 saturated carbocycles. The lowest BCUT2D eigenvalue weighted by Gasteiger charge is -2.15. The van der Waals surface area contributed by atoms with E-state index in [-0.39, 0.29) is 11.8 Å². The molecule has 1 N–H and O–H groups in total. The number of hydrogen-bond acceptors (Lipinski definition) is 5. The molecule has 1 fully saturated rings. The molecule has 0 radical (unpaired) electrons. The Bertz CT molecular complexity index is 1060. The molecule has 5 rings (SSSR count). The third kappa shape index (κ3) is 2.98. The fraction of sp³-hybridized carbons (Fsp3) is 0.400. The van der Waals surface area contributed by atoms with Crippen molar-refractivity contribution in [3.05, 3.63) is 47.1 Å². The van der Waals surface area contributed by atoms with Crippen LogP contribution in [0.3, 0.4) is 0 Å². The van der Waals surface area contributed by atoms with Gasteiger partial charge in [-0.2, -0.15) is 10.1 Å². The first-order chi connectivity index (χ1) is 13.6. The van der Waals surface area contributed by atoms with E-state index in [0.717, 1.165) is 37.1 Å². The number of alkyl halides is 1. The molecule has 2 atom stereocenters. The summed E-state index contributed by atoms with van der Waals surface area (Å²) in [6, 6.07) is 5.57. The molecule has 3 aromatic rings. The van der Waals surface area contributed by atoms with E-state index in [0.29, 0.717) is 35.0 Å². The van der Waals surface area contributed by atoms with Crippen molar-refractivity contribution in [2.45, 2.75) is 51.2 Å². The van der Waals surface area contributed by atoms with Gasteiger partial charge in [-0.1, -0.05) is 17.3 Å². The topological polar surface area (TPSA) is 85.8 Å². The van der Waals surface area contributed by atoms with Gasteiger partial charge in [0.25, 0.3) is 5.91 Å². The van der Waals surface area contributed by atoms with Crippen LogP contribution in [0.1, 0.15) is 52.7 Å². The second-order valence-electron chi connectivity index (χ2n) is 7.48. The highest BCUT2D eigenvalue weighted by molar-refractivity contribution is 6.05. The Morgan fingerprint density at radius 2 is 2.21 bits per heavy atom. The molecule has 1 amide bonds. The summed E-state index contributed by atoms with van der Waals surface area (Å²) < 4.78 is 20.3. The van der Waals surface area contributed by atoms with Crippen molar-refractivity contribution in [2.24, 2.45) is 0 Å². The Balaban J connectivity index is 1.39. The number of anilines is 1. The van der Waals surface area contributed by atoms with Gasteiger partial charge in [0, 0.05) is 17.8 Å². The number of carbonyl (C=O) groups is 1. The average molecular weight is 381 g/mol. The molecule has 28 heavy (non-hydrogen) atoms. The number of amides is 1. The number of fused-ring (bicyclic) bond motifs is 1. The Hall–Kier alpha value is -3.03. The molecule has 144 valence electrons. The second kappa shape index (κ2) is 6.54. The van der Waals surface area contributed by atoms with Crippen LogP contribution in [0, 0.1) is 6.92 Å². The highest BCUT2D eigenvalue weighted by Gasteiger charge is 2.43. The largest absolute Gasteiger partial charge is 0.339 e. The molecule has 2 aliphatic rings. The van der Waals surface area contributed by atoms with Crippen molar-refractivity contribution in [2.75, 3.05) is 5.32 Å². The fourth-order valence-electron chi connectivity index (χ4n) is 3.62. The molecule has 0 saturated heterocycles. The van der Waals surface area contributed by atoms with Gasteiger partial charge in [-0.3, -0.25) is 9.48 Å². The van der Waals surface area contributed by atoms with Crippen LogP contribution in [-0.4, -0.2) is 32.0 Å². The van der Waals surface area contributed by atoms with Crippen LogP contribution in [0.2, 0.25) is 0 Å². The lowest BCUT2D eigenvalue weighted by molar-refractivity contribution is 0.102. The van der Waals surface area contributed by atoms with Gasteiger partial charge < -0.3 is 9.84 Å². The summed E-state index contributed by atoms with van der Waals surface area (Å²) in [7, 11) is 0. The number of aromatic nitrogens is 4. The van der Waals surface area contributed by atoms with Crippen molar-refractivity contribution in [3.63, 3.8) is 0 Å². The van der Waals surface area contributed by atoms with E-state index < -0.39 is 6.17 Å². The molecule has 1 aromatic carbocycles. The molecular weight excluding hydrogens is 361 g/mol. The Morgan fingerprint density at radius 1 is 1.36 bits per heavy atom. The summed E-state index contributed by atoms with van der Waals surface area (Å²) in [6.07, 6.45) is 4.22. The zero-order valence-corrected chi connectivity index (χ0v) is 15.5. The molecular formula is C20H20FN5O2. The Kier molecular flexibility index (Phi) is 3.99. The van der Waals surface area contributed by atoms with Gasteiger partial charge in [0.2, 0.25) is 11.7 Å². The molecule has 7 nitrogen and oxygen atoms in total. The van der Waals surface area contributed by atoms with Crippen LogP contribution in [0.25, 0.3) is 11.4 Å². The fourth-order valence-corrected chi connectivity index (χ4v) is 3.62. The molecule has 0 spiro atoms. The molecule has 1 aliphatic carbocycles. The van der Waals surface area contributed by atoms with Crippen LogP contribution in [0.15, 0.2) is 28.9 Å². The maximum absolute atomic E-state index is 13.2. The van der Waals surface area contributed by atoms with E-state index in [2.05, 4.69) is 20.6 Å². The maximum Gasteiger partial charge on any atom is 0.259 e. The van der Waals surface area contributed by atoms with Gasteiger partial charge in [-0.05, 0) is 44.2 Å². The summed E-state index contributed by atoms with van der Waals surface area (Å²) in [4.78, 5) is 17.1. The molecule has 2 aromatic heterocycles. The average Bonchev–Trinajstić information content (AvgIpc) is 3.12. The highest BCUT2D eigenvalue weighted by atomic mass is 19.1. The zero-order chi connectivity index (χ0) is 19.3. The summed E-state index contributed by atoms with van der Waals surface area (Å²) >= 11 is 0. The van der Waals surface area contributed by atoms with Gasteiger partial charge in [0.05, 0.1) is 23.4 Å². The van der Waals surface area contributed by atoms with Crippen LogP contribution in [0.4, 0.5) is 10.1 Å². The minimum absolute atomic E-state index is 0.171. The molecule has 8 heteroatoms. The van der Waals surface area contributed by atoms with Crippen molar-refractivity contribution >= 4 is 11.6 Å². The predicted molar refractivity (Wildman–Crippen MR) is 99.8 cm³/mol. The number of carbonyl (C=O) groups excluding carboxylic acids is 1. The Morgan fingerprint density at radius 3 is 3.04 bits per heavy atom. The first-order valence-corrected chi connectivity index (χ1v) is 9.55. The summed E-state index contributed by atoms with van der Waals surface area (Å²) in [5, 5.41) is 11.3. The second-order valence-corrected chi connectivity index (χ2v) is 7.48. The number of halogens is 1. The number of aryl methyl sites for hydroxylation is 2. The quantitative estimate of drug-likeness (QED) is 0.745. The van der Waals surface area contributed by atoms with Crippen LogP contribution < -0.4 is 5.32 Å². The third-order valence-corrected chi connectivity index (χ3v) is 5.44. The molecule has 0 unspecified atom stereocenters. The van der Waals surface area contributed by atoms with E-state index in [1.165, 1.54) is 0 Å².